The van der Waals surface area contributed by atoms with Gasteiger partial charge in [0, 0.05) is 11.1 Å². The van der Waals surface area contributed by atoms with Crippen molar-refractivity contribution in [3.05, 3.63) is 65.3 Å². The van der Waals surface area contributed by atoms with Gasteiger partial charge in [-0.25, -0.2) is 9.59 Å². The van der Waals surface area contributed by atoms with E-state index in [1.54, 1.807) is 26.0 Å². The second-order valence-corrected chi connectivity index (χ2v) is 5.44. The highest BCUT2D eigenvalue weighted by Crippen LogP contribution is 2.05. The number of carbonyl (C=O) groups excluding carboxylic acids is 1. The maximum Gasteiger partial charge on any atom is 0.333 e. The minimum atomic E-state index is -0.897. The Morgan fingerprint density at radius 3 is 2.46 bits per heavy atom. The van der Waals surface area contributed by atoms with Gasteiger partial charge in [0.2, 0.25) is 0 Å². The summed E-state index contributed by atoms with van der Waals surface area (Å²) in [5.74, 6) is -1.23. The van der Waals surface area contributed by atoms with Crippen molar-refractivity contribution in [1.29, 1.82) is 0 Å². The molecule has 24 heavy (non-hydrogen) atoms. The van der Waals surface area contributed by atoms with Crippen LogP contribution in [-0.4, -0.2) is 23.7 Å². The van der Waals surface area contributed by atoms with Gasteiger partial charge in [0.05, 0.1) is 6.61 Å². The predicted octanol–water partition coefficient (Wildman–Crippen LogP) is 4.39. The third-order valence-electron chi connectivity index (χ3n) is 3.38. The van der Waals surface area contributed by atoms with Gasteiger partial charge in [-0.15, -0.1) is 0 Å². The summed E-state index contributed by atoms with van der Waals surface area (Å²) >= 11 is 0. The van der Waals surface area contributed by atoms with Gasteiger partial charge in [0.15, 0.2) is 0 Å². The average molecular weight is 328 g/mol. The van der Waals surface area contributed by atoms with E-state index in [0.717, 1.165) is 12.0 Å². The van der Waals surface area contributed by atoms with Crippen molar-refractivity contribution in [2.75, 3.05) is 6.61 Å². The van der Waals surface area contributed by atoms with Crippen molar-refractivity contribution in [2.45, 2.75) is 33.1 Å². The fourth-order valence-electron chi connectivity index (χ4n) is 1.87. The van der Waals surface area contributed by atoms with E-state index in [-0.39, 0.29) is 5.97 Å². The van der Waals surface area contributed by atoms with E-state index in [2.05, 4.69) is 0 Å². The zero-order chi connectivity index (χ0) is 17.8. The number of aliphatic carboxylic acids is 1. The van der Waals surface area contributed by atoms with Gasteiger partial charge < -0.3 is 9.84 Å². The molecule has 0 saturated carbocycles. The molecule has 0 unspecified atom stereocenters. The molecule has 1 aromatic carbocycles. The topological polar surface area (TPSA) is 63.6 Å². The Labute approximate surface area is 143 Å². The van der Waals surface area contributed by atoms with E-state index < -0.39 is 5.97 Å². The zero-order valence-corrected chi connectivity index (χ0v) is 14.2. The van der Waals surface area contributed by atoms with Crippen LogP contribution in [0.4, 0.5) is 0 Å². The van der Waals surface area contributed by atoms with Gasteiger partial charge in [-0.1, -0.05) is 54.6 Å². The number of carboxylic acid groups (broad SMARTS) is 1. The summed E-state index contributed by atoms with van der Waals surface area (Å²) in [6.07, 6.45) is 9.33. The molecule has 0 saturated heterocycles. The van der Waals surface area contributed by atoms with E-state index in [1.165, 1.54) is 0 Å². The predicted molar refractivity (Wildman–Crippen MR) is 95.4 cm³/mol. The number of allylic oxidation sites excluding steroid dienone is 3. The lowest BCUT2D eigenvalue weighted by Crippen LogP contribution is -2.06. The standard InChI is InChI=1S/C20H24O4/c1-16(19(21)22)10-5-4-8-15-24-20(23)17(2)11-9-14-18-12-6-3-7-13-18/h3,6-7,9-14H,4-5,8,15H2,1-2H3,(H,21,22). The summed E-state index contributed by atoms with van der Waals surface area (Å²) < 4.78 is 5.18. The molecule has 1 aromatic rings. The Kier molecular flexibility index (Phi) is 8.90. The first kappa shape index (κ1) is 19.4. The fraction of sp³-hybridized carbons (Fsp3) is 0.300. The van der Waals surface area contributed by atoms with Crippen molar-refractivity contribution >= 4 is 18.0 Å². The number of carboxylic acids is 1. The summed E-state index contributed by atoms with van der Waals surface area (Å²) in [5.41, 5.74) is 1.96. The number of unbranched alkanes of at least 4 members (excludes halogenated alkanes) is 2. The Morgan fingerprint density at radius 1 is 1.08 bits per heavy atom. The third-order valence-corrected chi connectivity index (χ3v) is 3.38. The van der Waals surface area contributed by atoms with Crippen LogP contribution in [0.5, 0.6) is 0 Å². The van der Waals surface area contributed by atoms with Crippen molar-refractivity contribution in [2.24, 2.45) is 0 Å². The second-order valence-electron chi connectivity index (χ2n) is 5.44. The summed E-state index contributed by atoms with van der Waals surface area (Å²) in [6, 6.07) is 9.83. The Morgan fingerprint density at radius 2 is 1.79 bits per heavy atom. The maximum absolute atomic E-state index is 11.8. The Bertz CT molecular complexity index is 624. The van der Waals surface area contributed by atoms with Gasteiger partial charge in [-0.05, 0) is 38.7 Å². The van der Waals surface area contributed by atoms with Gasteiger partial charge in [-0.3, -0.25) is 0 Å². The number of ether oxygens (including phenoxy) is 1. The summed E-state index contributed by atoms with van der Waals surface area (Å²) in [5, 5.41) is 8.71. The highest BCUT2D eigenvalue weighted by molar-refractivity contribution is 5.88. The number of rotatable bonds is 9. The van der Waals surface area contributed by atoms with Gasteiger partial charge in [-0.2, -0.15) is 0 Å². The normalized spacial score (nSPS) is 12.4. The number of esters is 1. The Hall–Kier alpha value is -2.62. The molecule has 0 bridgehead atoms. The van der Waals surface area contributed by atoms with E-state index >= 15 is 0 Å². The van der Waals surface area contributed by atoms with Crippen LogP contribution in [0.25, 0.3) is 6.08 Å². The van der Waals surface area contributed by atoms with Crippen LogP contribution in [0.1, 0.15) is 38.7 Å². The van der Waals surface area contributed by atoms with Crippen LogP contribution < -0.4 is 0 Å². The third kappa shape index (κ3) is 8.13. The molecule has 0 aromatic heterocycles. The molecule has 0 fully saturated rings. The summed E-state index contributed by atoms with van der Waals surface area (Å²) in [7, 11) is 0. The van der Waals surface area contributed by atoms with Crippen LogP contribution >= 0.6 is 0 Å². The quantitative estimate of drug-likeness (QED) is 0.316. The number of hydrogen-bond acceptors (Lipinski definition) is 3. The molecule has 0 radical (unpaired) electrons. The molecular formula is C20H24O4. The van der Waals surface area contributed by atoms with E-state index in [4.69, 9.17) is 9.84 Å². The van der Waals surface area contributed by atoms with Crippen molar-refractivity contribution in [1.82, 2.24) is 0 Å². The molecule has 1 rings (SSSR count). The van der Waals surface area contributed by atoms with Crippen LogP contribution in [0.2, 0.25) is 0 Å². The second kappa shape index (κ2) is 11.0. The number of carbonyl (C=O) groups is 2. The molecule has 0 aliphatic rings. The maximum atomic E-state index is 11.8. The van der Waals surface area contributed by atoms with E-state index in [9.17, 15) is 9.59 Å². The monoisotopic (exact) mass is 328 g/mol. The smallest absolute Gasteiger partial charge is 0.333 e. The van der Waals surface area contributed by atoms with Crippen molar-refractivity contribution in [3.8, 4) is 0 Å². The number of benzene rings is 1. The van der Waals surface area contributed by atoms with E-state index in [1.807, 2.05) is 42.5 Å². The lowest BCUT2D eigenvalue weighted by Gasteiger charge is -2.04. The van der Waals surface area contributed by atoms with Crippen molar-refractivity contribution < 1.29 is 19.4 Å². The largest absolute Gasteiger partial charge is 0.478 e. The molecule has 4 heteroatoms. The molecule has 0 aliphatic carbocycles. The minimum Gasteiger partial charge on any atom is -0.478 e. The molecule has 128 valence electrons. The van der Waals surface area contributed by atoms with E-state index in [0.29, 0.717) is 30.6 Å². The van der Waals surface area contributed by atoms with Crippen LogP contribution in [0.15, 0.2) is 59.7 Å². The summed E-state index contributed by atoms with van der Waals surface area (Å²) in [4.78, 5) is 22.4. The molecular weight excluding hydrogens is 304 g/mol. The first-order valence-electron chi connectivity index (χ1n) is 7.98. The highest BCUT2D eigenvalue weighted by Gasteiger charge is 2.04. The lowest BCUT2D eigenvalue weighted by molar-refractivity contribution is -0.139. The number of hydrogen-bond donors (Lipinski definition) is 1. The lowest BCUT2D eigenvalue weighted by atomic mass is 10.2. The van der Waals surface area contributed by atoms with Crippen LogP contribution in [0.3, 0.4) is 0 Å². The molecule has 4 nitrogen and oxygen atoms in total. The highest BCUT2D eigenvalue weighted by atomic mass is 16.5. The van der Waals surface area contributed by atoms with Gasteiger partial charge in [0.1, 0.15) is 0 Å². The van der Waals surface area contributed by atoms with Crippen LogP contribution in [-0.2, 0) is 14.3 Å². The molecule has 0 spiro atoms. The SMILES string of the molecule is CC(=CCCCCOC(=O)C(C)=CC=Cc1ccccc1)C(=O)O. The molecule has 0 heterocycles. The first-order chi connectivity index (χ1) is 11.5. The van der Waals surface area contributed by atoms with Crippen molar-refractivity contribution in [3.63, 3.8) is 0 Å². The van der Waals surface area contributed by atoms with Gasteiger partial charge >= 0.3 is 11.9 Å². The Balaban J connectivity index is 2.27. The summed E-state index contributed by atoms with van der Waals surface area (Å²) in [6.45, 7) is 3.63. The zero-order valence-electron chi connectivity index (χ0n) is 14.2. The van der Waals surface area contributed by atoms with Gasteiger partial charge in [0.25, 0.3) is 0 Å². The fourth-order valence-corrected chi connectivity index (χ4v) is 1.87. The van der Waals surface area contributed by atoms with Crippen LogP contribution in [0, 0.1) is 0 Å². The molecule has 1 N–H and O–H groups in total. The minimum absolute atomic E-state index is 0.329. The molecule has 0 amide bonds. The molecule has 0 atom stereocenters. The first-order valence-corrected chi connectivity index (χ1v) is 7.98. The average Bonchev–Trinajstić information content (AvgIpc) is 2.58. The molecule has 0 aliphatic heterocycles.